The molecule has 0 bridgehead atoms. The van der Waals surface area contributed by atoms with Gasteiger partial charge in [-0.2, -0.15) is 0 Å². The van der Waals surface area contributed by atoms with Gasteiger partial charge in [-0.3, -0.25) is 9.88 Å². The number of pyridine rings is 1. The van der Waals surface area contributed by atoms with Crippen molar-refractivity contribution < 1.29 is 18.6 Å². The fourth-order valence-electron chi connectivity index (χ4n) is 4.70. The van der Waals surface area contributed by atoms with Gasteiger partial charge in [0.05, 0.1) is 30.0 Å². The van der Waals surface area contributed by atoms with E-state index >= 15 is 0 Å². The predicted molar refractivity (Wildman–Crippen MR) is 134 cm³/mol. The number of halogens is 2. The van der Waals surface area contributed by atoms with Gasteiger partial charge in [0.25, 0.3) is 0 Å². The Bertz CT molecular complexity index is 1220. The SMILES string of the molecule is CC(C)(O)Cc1cc2nc(N3CCN(Cc4ccc(F)cc4F)CC3)c(NC3CCOC3)nc2cn1. The number of benzene rings is 1. The molecule has 8 nitrogen and oxygen atoms in total. The molecule has 1 atom stereocenters. The molecule has 1 unspecified atom stereocenters. The van der Waals surface area contributed by atoms with Crippen LogP contribution in [0.1, 0.15) is 31.5 Å². The maximum atomic E-state index is 14.1. The minimum Gasteiger partial charge on any atom is -0.390 e. The van der Waals surface area contributed by atoms with Gasteiger partial charge in [-0.1, -0.05) is 6.07 Å². The van der Waals surface area contributed by atoms with Gasteiger partial charge in [-0.05, 0) is 32.4 Å². The summed E-state index contributed by atoms with van der Waals surface area (Å²) in [4.78, 5) is 18.7. The van der Waals surface area contributed by atoms with Crippen molar-refractivity contribution in [3.63, 3.8) is 0 Å². The van der Waals surface area contributed by atoms with Crippen molar-refractivity contribution in [1.29, 1.82) is 0 Å². The fourth-order valence-corrected chi connectivity index (χ4v) is 4.70. The van der Waals surface area contributed by atoms with Gasteiger partial charge < -0.3 is 20.1 Å². The minimum absolute atomic E-state index is 0.167. The average molecular weight is 499 g/mol. The normalized spacial score (nSPS) is 19.2. The number of rotatable bonds is 7. The van der Waals surface area contributed by atoms with Gasteiger partial charge in [0.1, 0.15) is 17.2 Å². The molecule has 2 N–H and O–H groups in total. The van der Waals surface area contributed by atoms with Gasteiger partial charge in [-0.15, -0.1) is 0 Å². The molecule has 0 aliphatic carbocycles. The second-order valence-electron chi connectivity index (χ2n) is 10.3. The number of nitrogens with one attached hydrogen (secondary N) is 1. The summed E-state index contributed by atoms with van der Waals surface area (Å²) in [6.45, 7) is 8.09. The lowest BCUT2D eigenvalue weighted by Crippen LogP contribution is -2.46. The molecule has 1 aromatic carbocycles. The molecule has 36 heavy (non-hydrogen) atoms. The highest BCUT2D eigenvalue weighted by Gasteiger charge is 2.25. The highest BCUT2D eigenvalue weighted by molar-refractivity contribution is 5.80. The molecule has 192 valence electrons. The average Bonchev–Trinajstić information content (AvgIpc) is 3.33. The van der Waals surface area contributed by atoms with Crippen molar-refractivity contribution in [2.75, 3.05) is 49.6 Å². The first-order valence-corrected chi connectivity index (χ1v) is 12.4. The zero-order valence-corrected chi connectivity index (χ0v) is 20.7. The van der Waals surface area contributed by atoms with Crippen LogP contribution in [0.3, 0.4) is 0 Å². The third kappa shape index (κ3) is 5.88. The van der Waals surface area contributed by atoms with Gasteiger partial charge in [0, 0.05) is 63.1 Å². The molecule has 0 amide bonds. The lowest BCUT2D eigenvalue weighted by Gasteiger charge is -2.36. The molecule has 4 heterocycles. The molecule has 2 aromatic heterocycles. The highest BCUT2D eigenvalue weighted by Crippen LogP contribution is 2.28. The first-order chi connectivity index (χ1) is 17.2. The summed E-state index contributed by atoms with van der Waals surface area (Å²) in [7, 11) is 0. The maximum Gasteiger partial charge on any atom is 0.172 e. The third-order valence-electron chi connectivity index (χ3n) is 6.55. The highest BCUT2D eigenvalue weighted by atomic mass is 19.1. The number of ether oxygens (including phenoxy) is 1. The number of aliphatic hydroxyl groups is 1. The van der Waals surface area contributed by atoms with E-state index in [-0.39, 0.29) is 6.04 Å². The van der Waals surface area contributed by atoms with E-state index in [2.05, 4.69) is 20.1 Å². The molecule has 0 saturated carbocycles. The second-order valence-corrected chi connectivity index (χ2v) is 10.3. The van der Waals surface area contributed by atoms with E-state index in [0.29, 0.717) is 69.3 Å². The summed E-state index contributed by atoms with van der Waals surface area (Å²) in [6, 6.07) is 5.80. The van der Waals surface area contributed by atoms with Gasteiger partial charge in [0.2, 0.25) is 0 Å². The summed E-state index contributed by atoms with van der Waals surface area (Å²) in [5, 5.41) is 13.7. The Morgan fingerprint density at radius 3 is 2.61 bits per heavy atom. The van der Waals surface area contributed by atoms with Crippen LogP contribution in [0.2, 0.25) is 0 Å². The molecule has 0 spiro atoms. The molecular weight excluding hydrogens is 466 g/mol. The number of hydrogen-bond acceptors (Lipinski definition) is 8. The van der Waals surface area contributed by atoms with Crippen LogP contribution in [0.4, 0.5) is 20.4 Å². The summed E-state index contributed by atoms with van der Waals surface area (Å²) >= 11 is 0. The fraction of sp³-hybridized carbons (Fsp3) is 0.500. The van der Waals surface area contributed by atoms with Crippen molar-refractivity contribution in [2.24, 2.45) is 0 Å². The Morgan fingerprint density at radius 2 is 1.92 bits per heavy atom. The molecule has 2 fully saturated rings. The molecular formula is C26H32F2N6O2. The molecule has 10 heteroatoms. The molecule has 5 rings (SSSR count). The van der Waals surface area contributed by atoms with Crippen LogP contribution < -0.4 is 10.2 Å². The van der Waals surface area contributed by atoms with Crippen molar-refractivity contribution in [3.05, 3.63) is 53.4 Å². The van der Waals surface area contributed by atoms with Crippen molar-refractivity contribution in [1.82, 2.24) is 19.9 Å². The molecule has 2 saturated heterocycles. The summed E-state index contributed by atoms with van der Waals surface area (Å²) in [6.07, 6.45) is 3.02. The Labute approximate surface area is 209 Å². The van der Waals surface area contributed by atoms with E-state index in [1.54, 1.807) is 20.0 Å². The summed E-state index contributed by atoms with van der Waals surface area (Å²) < 4.78 is 32.9. The standard InChI is InChI=1S/C26H32F2N6O2/c1-26(2,35)13-20-12-22-23(14-29-20)31-24(30-19-5-10-36-16-19)25(32-22)34-8-6-33(7-9-34)15-17-3-4-18(27)11-21(17)28/h3-4,11-12,14,19,35H,5-10,13,15-16H2,1-2H3,(H,30,31). The Morgan fingerprint density at radius 1 is 1.11 bits per heavy atom. The zero-order valence-electron chi connectivity index (χ0n) is 20.7. The first kappa shape index (κ1) is 24.7. The predicted octanol–water partition coefficient (Wildman–Crippen LogP) is 3.14. The Hall–Kier alpha value is -2.95. The maximum absolute atomic E-state index is 14.1. The van der Waals surface area contributed by atoms with E-state index in [4.69, 9.17) is 14.7 Å². The molecule has 2 aliphatic heterocycles. The van der Waals surface area contributed by atoms with Crippen LogP contribution in [0.5, 0.6) is 0 Å². The number of nitrogens with zero attached hydrogens (tertiary/aromatic N) is 5. The van der Waals surface area contributed by atoms with Crippen LogP contribution in [-0.2, 0) is 17.7 Å². The molecule has 3 aromatic rings. The quantitative estimate of drug-likeness (QED) is 0.514. The number of piperazine rings is 1. The van der Waals surface area contributed by atoms with Gasteiger partial charge in [0.15, 0.2) is 11.6 Å². The van der Waals surface area contributed by atoms with Crippen molar-refractivity contribution in [2.45, 2.75) is 44.9 Å². The second kappa shape index (κ2) is 10.2. The monoisotopic (exact) mass is 498 g/mol. The van der Waals surface area contributed by atoms with Crippen LogP contribution in [-0.4, -0.2) is 76.0 Å². The van der Waals surface area contributed by atoms with Crippen LogP contribution in [0.15, 0.2) is 30.5 Å². The van der Waals surface area contributed by atoms with Crippen molar-refractivity contribution in [3.8, 4) is 0 Å². The van der Waals surface area contributed by atoms with Crippen molar-refractivity contribution >= 4 is 22.7 Å². The van der Waals surface area contributed by atoms with E-state index in [0.717, 1.165) is 29.5 Å². The lowest BCUT2D eigenvalue weighted by molar-refractivity contribution is 0.0800. The lowest BCUT2D eigenvalue weighted by atomic mass is 10.0. The zero-order chi connectivity index (χ0) is 25.3. The van der Waals surface area contributed by atoms with Crippen LogP contribution in [0.25, 0.3) is 11.0 Å². The summed E-state index contributed by atoms with van der Waals surface area (Å²) in [5.41, 5.74) is 1.78. The first-order valence-electron chi connectivity index (χ1n) is 12.4. The summed E-state index contributed by atoms with van der Waals surface area (Å²) in [5.74, 6) is 0.388. The molecule has 0 radical (unpaired) electrons. The topological polar surface area (TPSA) is 86.6 Å². The minimum atomic E-state index is -0.874. The number of anilines is 2. The van der Waals surface area contributed by atoms with Crippen LogP contribution >= 0.6 is 0 Å². The van der Waals surface area contributed by atoms with Gasteiger partial charge >= 0.3 is 0 Å². The Balaban J connectivity index is 1.37. The number of aromatic nitrogens is 3. The van der Waals surface area contributed by atoms with Crippen LogP contribution in [0, 0.1) is 11.6 Å². The largest absolute Gasteiger partial charge is 0.390 e. The number of fused-ring (bicyclic) bond motifs is 1. The van der Waals surface area contributed by atoms with E-state index in [9.17, 15) is 13.9 Å². The third-order valence-corrected chi connectivity index (χ3v) is 6.55. The smallest absolute Gasteiger partial charge is 0.172 e. The van der Waals surface area contributed by atoms with E-state index in [1.807, 2.05) is 6.07 Å². The van der Waals surface area contributed by atoms with E-state index < -0.39 is 17.2 Å². The van der Waals surface area contributed by atoms with Gasteiger partial charge in [-0.25, -0.2) is 18.7 Å². The van der Waals surface area contributed by atoms with E-state index in [1.165, 1.54) is 12.1 Å². The Kier molecular flexibility index (Phi) is 7.00. The molecule has 2 aliphatic rings. The number of hydrogen-bond donors (Lipinski definition) is 2.